The molecule has 0 radical (unpaired) electrons. The Morgan fingerprint density at radius 3 is 2.86 bits per heavy atom. The largest absolute Gasteiger partial charge is 0.482 e. The summed E-state index contributed by atoms with van der Waals surface area (Å²) in [6.07, 6.45) is 0. The number of rotatable bonds is 2. The number of nitrogens with one attached hydrogen (secondary N) is 1. The first-order valence-corrected chi connectivity index (χ1v) is 7.98. The van der Waals surface area contributed by atoms with E-state index in [0.29, 0.717) is 22.6 Å². The van der Waals surface area contributed by atoms with Crippen LogP contribution in [0.2, 0.25) is 0 Å². The molecule has 1 aliphatic heterocycles. The first-order valence-electron chi connectivity index (χ1n) is 6.11. The van der Waals surface area contributed by atoms with Crippen molar-refractivity contribution in [1.82, 2.24) is 0 Å². The number of amides is 1. The van der Waals surface area contributed by atoms with Crippen LogP contribution in [0.4, 0.5) is 5.69 Å². The third kappa shape index (κ3) is 2.96. The molecule has 0 atom stereocenters. The summed E-state index contributed by atoms with van der Waals surface area (Å²) >= 11 is 5.56. The van der Waals surface area contributed by atoms with E-state index in [1.165, 1.54) is 0 Å². The van der Waals surface area contributed by atoms with Gasteiger partial charge in [0.2, 0.25) is 0 Å². The summed E-state index contributed by atoms with van der Waals surface area (Å²) in [6.45, 7) is 0.00270. The van der Waals surface area contributed by atoms with Crippen LogP contribution in [0.25, 0.3) is 0 Å². The zero-order valence-electron chi connectivity index (χ0n) is 10.7. The van der Waals surface area contributed by atoms with Crippen LogP contribution in [0.5, 0.6) is 5.75 Å². The van der Waals surface area contributed by atoms with Gasteiger partial charge in [0.15, 0.2) is 12.4 Å². The Kier molecular flexibility index (Phi) is 3.99. The maximum Gasteiger partial charge on any atom is 0.262 e. The van der Waals surface area contributed by atoms with Crippen LogP contribution >= 0.6 is 38.5 Å². The maximum absolute atomic E-state index is 12.6. The van der Waals surface area contributed by atoms with Crippen LogP contribution in [0.15, 0.2) is 40.9 Å². The van der Waals surface area contributed by atoms with E-state index in [4.69, 9.17) is 4.74 Å². The lowest BCUT2D eigenvalue weighted by atomic mass is 10.0. The van der Waals surface area contributed by atoms with Gasteiger partial charge in [-0.1, -0.05) is 15.9 Å². The van der Waals surface area contributed by atoms with E-state index in [2.05, 4.69) is 43.8 Å². The van der Waals surface area contributed by atoms with Crippen molar-refractivity contribution in [1.29, 1.82) is 0 Å². The lowest BCUT2D eigenvalue weighted by Crippen LogP contribution is -2.25. The Bertz CT molecular complexity index is 761. The van der Waals surface area contributed by atoms with Gasteiger partial charge in [-0.05, 0) is 59.0 Å². The van der Waals surface area contributed by atoms with Gasteiger partial charge in [-0.2, -0.15) is 0 Å². The zero-order chi connectivity index (χ0) is 15.0. The Hall–Kier alpha value is -1.41. The molecule has 2 aromatic rings. The molecule has 0 fully saturated rings. The van der Waals surface area contributed by atoms with Crippen LogP contribution in [0.1, 0.15) is 15.9 Å². The number of hydrogen-bond donors (Lipinski definition) is 1. The number of fused-ring (bicyclic) bond motifs is 1. The molecular formula is C15H9BrINO3. The Morgan fingerprint density at radius 1 is 1.24 bits per heavy atom. The number of carbonyl (C=O) groups excluding carboxylic acids is 2. The lowest BCUT2D eigenvalue weighted by molar-refractivity contribution is -0.118. The molecule has 4 nitrogen and oxygen atoms in total. The average molecular weight is 458 g/mol. The quantitative estimate of drug-likeness (QED) is 0.553. The fourth-order valence-corrected chi connectivity index (χ4v) is 2.97. The summed E-state index contributed by atoms with van der Waals surface area (Å²) < 4.78 is 7.01. The molecule has 1 amide bonds. The van der Waals surface area contributed by atoms with Crippen LogP contribution in [0, 0.1) is 3.57 Å². The third-order valence-corrected chi connectivity index (χ3v) is 4.41. The number of anilines is 1. The first-order chi connectivity index (χ1) is 10.0. The summed E-state index contributed by atoms with van der Waals surface area (Å²) in [6, 6.07) is 10.6. The van der Waals surface area contributed by atoms with Crippen LogP contribution in [-0.2, 0) is 4.79 Å². The van der Waals surface area contributed by atoms with Gasteiger partial charge in [0, 0.05) is 19.2 Å². The van der Waals surface area contributed by atoms with Crippen molar-refractivity contribution in [3.05, 3.63) is 55.6 Å². The van der Waals surface area contributed by atoms with Gasteiger partial charge < -0.3 is 10.1 Å². The van der Waals surface area contributed by atoms with Gasteiger partial charge in [-0.25, -0.2) is 0 Å². The minimum atomic E-state index is -0.220. The van der Waals surface area contributed by atoms with Gasteiger partial charge in [-0.3, -0.25) is 9.59 Å². The summed E-state index contributed by atoms with van der Waals surface area (Å²) in [7, 11) is 0. The molecule has 1 N–H and O–H groups in total. The minimum Gasteiger partial charge on any atom is -0.482 e. The van der Waals surface area contributed by atoms with Crippen molar-refractivity contribution in [3.8, 4) is 5.75 Å². The van der Waals surface area contributed by atoms with E-state index in [1.807, 2.05) is 18.2 Å². The molecule has 0 unspecified atom stereocenters. The summed E-state index contributed by atoms with van der Waals surface area (Å²) in [5.41, 5.74) is 1.62. The van der Waals surface area contributed by atoms with Crippen molar-refractivity contribution < 1.29 is 14.3 Å². The SMILES string of the molecule is O=C1COc2ccc(C(=O)c3cc(I)ccc3Br)cc2N1. The molecule has 3 rings (SSSR count). The molecular weight excluding hydrogens is 449 g/mol. The molecule has 0 spiro atoms. The highest BCUT2D eigenvalue weighted by molar-refractivity contribution is 14.1. The number of halogens is 2. The van der Waals surface area contributed by atoms with E-state index in [0.717, 1.165) is 8.04 Å². The van der Waals surface area contributed by atoms with Crippen LogP contribution in [-0.4, -0.2) is 18.3 Å². The highest BCUT2D eigenvalue weighted by Gasteiger charge is 2.19. The van der Waals surface area contributed by atoms with Crippen LogP contribution in [0.3, 0.4) is 0 Å². The van der Waals surface area contributed by atoms with Crippen molar-refractivity contribution in [3.63, 3.8) is 0 Å². The average Bonchev–Trinajstić information content (AvgIpc) is 2.48. The summed E-state index contributed by atoms with van der Waals surface area (Å²) in [5, 5.41) is 2.70. The molecule has 1 aliphatic rings. The molecule has 21 heavy (non-hydrogen) atoms. The van der Waals surface area contributed by atoms with Gasteiger partial charge in [0.05, 0.1) is 5.69 Å². The lowest BCUT2D eigenvalue weighted by Gasteiger charge is -2.18. The molecule has 106 valence electrons. The number of ketones is 1. The smallest absolute Gasteiger partial charge is 0.262 e. The third-order valence-electron chi connectivity index (χ3n) is 3.05. The molecule has 6 heteroatoms. The second-order valence-corrected chi connectivity index (χ2v) is 6.60. The van der Waals surface area contributed by atoms with Gasteiger partial charge in [-0.15, -0.1) is 0 Å². The van der Waals surface area contributed by atoms with E-state index < -0.39 is 0 Å². The second kappa shape index (κ2) is 5.76. The van der Waals surface area contributed by atoms with Gasteiger partial charge in [0.25, 0.3) is 5.91 Å². The van der Waals surface area contributed by atoms with Gasteiger partial charge >= 0.3 is 0 Å². The predicted molar refractivity (Wildman–Crippen MR) is 90.9 cm³/mol. The molecule has 0 aromatic heterocycles. The highest BCUT2D eigenvalue weighted by atomic mass is 127. The van der Waals surface area contributed by atoms with Crippen molar-refractivity contribution in [2.24, 2.45) is 0 Å². The molecule has 0 bridgehead atoms. The highest BCUT2D eigenvalue weighted by Crippen LogP contribution is 2.30. The van der Waals surface area contributed by atoms with Crippen molar-refractivity contribution >= 4 is 55.9 Å². The second-order valence-electron chi connectivity index (χ2n) is 4.50. The zero-order valence-corrected chi connectivity index (χ0v) is 14.4. The fourth-order valence-electron chi connectivity index (χ4n) is 2.05. The van der Waals surface area contributed by atoms with Crippen molar-refractivity contribution in [2.75, 3.05) is 11.9 Å². The molecule has 0 saturated carbocycles. The Labute approximate surface area is 143 Å². The van der Waals surface area contributed by atoms with E-state index >= 15 is 0 Å². The molecule has 1 heterocycles. The van der Waals surface area contributed by atoms with E-state index in [9.17, 15) is 9.59 Å². The first kappa shape index (κ1) is 14.5. The van der Waals surface area contributed by atoms with Gasteiger partial charge in [0.1, 0.15) is 5.75 Å². The van der Waals surface area contributed by atoms with E-state index in [1.54, 1.807) is 18.2 Å². The molecule has 0 saturated heterocycles. The monoisotopic (exact) mass is 457 g/mol. The number of hydrogen-bond acceptors (Lipinski definition) is 3. The Morgan fingerprint density at radius 2 is 2.05 bits per heavy atom. The predicted octanol–water partition coefficient (Wildman–Crippen LogP) is 3.62. The number of ether oxygens (including phenoxy) is 1. The normalized spacial score (nSPS) is 13.1. The summed E-state index contributed by atoms with van der Waals surface area (Å²) in [5.74, 6) is 0.249. The molecule has 2 aromatic carbocycles. The maximum atomic E-state index is 12.6. The number of carbonyl (C=O) groups is 2. The standard InChI is InChI=1S/C15H9BrINO3/c16-11-3-2-9(17)6-10(11)15(20)8-1-4-13-12(5-8)18-14(19)7-21-13/h1-6H,7H2,(H,18,19). The number of benzene rings is 2. The van der Waals surface area contributed by atoms with E-state index in [-0.39, 0.29) is 18.3 Å². The topological polar surface area (TPSA) is 55.4 Å². The summed E-state index contributed by atoms with van der Waals surface area (Å²) in [4.78, 5) is 23.9. The van der Waals surface area contributed by atoms with Crippen LogP contribution < -0.4 is 10.1 Å². The molecule has 0 aliphatic carbocycles. The fraction of sp³-hybridized carbons (Fsp3) is 0.0667. The minimum absolute atomic E-state index is 0.00270. The Balaban J connectivity index is 2.00. The van der Waals surface area contributed by atoms with Crippen molar-refractivity contribution in [2.45, 2.75) is 0 Å².